The Kier molecular flexibility index (Phi) is 3.48. The summed E-state index contributed by atoms with van der Waals surface area (Å²) in [6.07, 6.45) is 0.823. The van der Waals surface area contributed by atoms with E-state index in [0.717, 1.165) is 11.3 Å². The van der Waals surface area contributed by atoms with E-state index >= 15 is 0 Å². The molecule has 1 aromatic heterocycles. The largest absolute Gasteiger partial charge is 0.415 e. The van der Waals surface area contributed by atoms with Crippen molar-refractivity contribution in [3.05, 3.63) is 17.0 Å². The van der Waals surface area contributed by atoms with Gasteiger partial charge in [0, 0.05) is 4.88 Å². The van der Waals surface area contributed by atoms with Crippen molar-refractivity contribution in [2.45, 2.75) is 27.2 Å². The van der Waals surface area contributed by atoms with E-state index in [4.69, 9.17) is 4.74 Å². The number of aryl methyl sites for hydroxylation is 1. The molecule has 0 aliphatic carbocycles. The van der Waals surface area contributed by atoms with Gasteiger partial charge < -0.3 is 4.74 Å². The maximum atomic E-state index is 11.3. The molecule has 0 aliphatic heterocycles. The molecule has 0 N–H and O–H groups in total. The molecule has 2 nitrogen and oxygen atoms in total. The molecule has 13 heavy (non-hydrogen) atoms. The van der Waals surface area contributed by atoms with Crippen LogP contribution in [0.2, 0.25) is 0 Å². The second-order valence-corrected chi connectivity index (χ2v) is 4.35. The standard InChI is InChI=1S/C10H14O2S/c1-4-7(2)10(11)12-9-6-5-8(3)13-9/h5-7H,4H2,1-3H3. The highest BCUT2D eigenvalue weighted by Crippen LogP contribution is 2.24. The normalized spacial score (nSPS) is 12.5. The number of carbonyl (C=O) groups is 1. The summed E-state index contributed by atoms with van der Waals surface area (Å²) < 4.78 is 5.17. The first-order valence-corrected chi connectivity index (χ1v) is 5.23. The molecule has 1 atom stereocenters. The Bertz CT molecular complexity index is 291. The molecule has 0 fully saturated rings. The van der Waals surface area contributed by atoms with Crippen LogP contribution >= 0.6 is 11.3 Å². The monoisotopic (exact) mass is 198 g/mol. The highest BCUT2D eigenvalue weighted by atomic mass is 32.1. The molecule has 0 radical (unpaired) electrons. The number of rotatable bonds is 3. The number of thiophene rings is 1. The topological polar surface area (TPSA) is 26.3 Å². The van der Waals surface area contributed by atoms with E-state index in [0.29, 0.717) is 5.06 Å². The number of hydrogen-bond acceptors (Lipinski definition) is 3. The van der Waals surface area contributed by atoms with Crippen molar-refractivity contribution in [3.63, 3.8) is 0 Å². The Morgan fingerprint density at radius 1 is 1.62 bits per heavy atom. The van der Waals surface area contributed by atoms with E-state index in [1.54, 1.807) is 0 Å². The summed E-state index contributed by atoms with van der Waals surface area (Å²) in [5.74, 6) is -0.147. The maximum Gasteiger partial charge on any atom is 0.314 e. The first kappa shape index (κ1) is 10.3. The van der Waals surface area contributed by atoms with Crippen LogP contribution in [0.3, 0.4) is 0 Å². The predicted octanol–water partition coefficient (Wildman–Crippen LogP) is 3.01. The fourth-order valence-electron chi connectivity index (χ4n) is 0.833. The van der Waals surface area contributed by atoms with Crippen LogP contribution in [0.1, 0.15) is 25.1 Å². The third kappa shape index (κ3) is 2.84. The highest BCUT2D eigenvalue weighted by Gasteiger charge is 2.13. The molecule has 0 aliphatic rings. The van der Waals surface area contributed by atoms with E-state index in [9.17, 15) is 4.79 Å². The lowest BCUT2D eigenvalue weighted by atomic mass is 10.1. The minimum atomic E-state index is -0.135. The zero-order chi connectivity index (χ0) is 9.84. The van der Waals surface area contributed by atoms with Gasteiger partial charge in [-0.15, -0.1) is 11.3 Å². The Labute approximate surface area is 82.5 Å². The Morgan fingerprint density at radius 3 is 2.77 bits per heavy atom. The molecule has 0 aromatic carbocycles. The third-order valence-electron chi connectivity index (χ3n) is 1.93. The minimum absolute atomic E-state index is 0.0117. The molecule has 0 amide bonds. The van der Waals surface area contributed by atoms with Crippen molar-refractivity contribution in [2.24, 2.45) is 5.92 Å². The number of hydrogen-bond donors (Lipinski definition) is 0. The van der Waals surface area contributed by atoms with Crippen LogP contribution in [0.15, 0.2) is 12.1 Å². The summed E-state index contributed by atoms with van der Waals surface area (Å²) in [4.78, 5) is 12.5. The van der Waals surface area contributed by atoms with Crippen molar-refractivity contribution in [3.8, 4) is 5.06 Å². The molecule has 72 valence electrons. The molecular weight excluding hydrogens is 184 g/mol. The van der Waals surface area contributed by atoms with Gasteiger partial charge in [-0.2, -0.15) is 0 Å². The SMILES string of the molecule is CCC(C)C(=O)Oc1ccc(C)s1. The molecule has 0 saturated carbocycles. The third-order valence-corrected chi connectivity index (χ3v) is 2.81. The van der Waals surface area contributed by atoms with Gasteiger partial charge in [-0.1, -0.05) is 13.8 Å². The van der Waals surface area contributed by atoms with Gasteiger partial charge in [0.25, 0.3) is 0 Å². The van der Waals surface area contributed by atoms with Crippen LogP contribution in [0.4, 0.5) is 0 Å². The summed E-state index contributed by atoms with van der Waals surface area (Å²) in [6, 6.07) is 3.78. The van der Waals surface area contributed by atoms with Crippen LogP contribution in [0.25, 0.3) is 0 Å². The average Bonchev–Trinajstić information content (AvgIpc) is 2.49. The van der Waals surface area contributed by atoms with E-state index in [-0.39, 0.29) is 11.9 Å². The maximum absolute atomic E-state index is 11.3. The first-order valence-electron chi connectivity index (χ1n) is 4.41. The van der Waals surface area contributed by atoms with Crippen LogP contribution < -0.4 is 4.74 Å². The van der Waals surface area contributed by atoms with Gasteiger partial charge in [0.1, 0.15) is 0 Å². The van der Waals surface area contributed by atoms with Gasteiger partial charge in [0.15, 0.2) is 5.06 Å². The smallest absolute Gasteiger partial charge is 0.314 e. The van der Waals surface area contributed by atoms with E-state index in [1.165, 1.54) is 11.3 Å². The Balaban J connectivity index is 2.54. The lowest BCUT2D eigenvalue weighted by molar-refractivity contribution is -0.138. The summed E-state index contributed by atoms with van der Waals surface area (Å²) in [7, 11) is 0. The van der Waals surface area contributed by atoms with Crippen LogP contribution in [0, 0.1) is 12.8 Å². The lowest BCUT2D eigenvalue weighted by Gasteiger charge is -2.06. The van der Waals surface area contributed by atoms with Crippen molar-refractivity contribution in [2.75, 3.05) is 0 Å². The minimum Gasteiger partial charge on any atom is -0.415 e. The molecule has 1 heterocycles. The van der Waals surface area contributed by atoms with Crippen LogP contribution in [-0.2, 0) is 4.79 Å². The Morgan fingerprint density at radius 2 is 2.31 bits per heavy atom. The van der Waals surface area contributed by atoms with Crippen molar-refractivity contribution < 1.29 is 9.53 Å². The Hall–Kier alpha value is -0.830. The van der Waals surface area contributed by atoms with Gasteiger partial charge in [-0.25, -0.2) is 0 Å². The van der Waals surface area contributed by atoms with Gasteiger partial charge >= 0.3 is 5.97 Å². The quantitative estimate of drug-likeness (QED) is 0.698. The molecule has 0 bridgehead atoms. The molecule has 1 rings (SSSR count). The molecule has 1 unspecified atom stereocenters. The number of ether oxygens (including phenoxy) is 1. The average molecular weight is 198 g/mol. The number of esters is 1. The van der Waals surface area contributed by atoms with Gasteiger partial charge in [-0.05, 0) is 25.5 Å². The molecular formula is C10H14O2S. The molecule has 3 heteroatoms. The zero-order valence-corrected chi connectivity index (χ0v) is 8.98. The van der Waals surface area contributed by atoms with Crippen LogP contribution in [0.5, 0.6) is 5.06 Å². The van der Waals surface area contributed by atoms with E-state index in [1.807, 2.05) is 32.9 Å². The second kappa shape index (κ2) is 4.42. The number of carbonyl (C=O) groups excluding carboxylic acids is 1. The zero-order valence-electron chi connectivity index (χ0n) is 8.16. The fraction of sp³-hybridized carbons (Fsp3) is 0.500. The van der Waals surface area contributed by atoms with E-state index < -0.39 is 0 Å². The molecule has 1 aromatic rings. The van der Waals surface area contributed by atoms with Crippen molar-refractivity contribution >= 4 is 17.3 Å². The summed E-state index contributed by atoms with van der Waals surface area (Å²) in [5.41, 5.74) is 0. The predicted molar refractivity (Wildman–Crippen MR) is 54.1 cm³/mol. The first-order chi connectivity index (χ1) is 6.13. The van der Waals surface area contributed by atoms with Crippen molar-refractivity contribution in [1.82, 2.24) is 0 Å². The van der Waals surface area contributed by atoms with E-state index in [2.05, 4.69) is 0 Å². The van der Waals surface area contributed by atoms with Gasteiger partial charge in [0.2, 0.25) is 0 Å². The second-order valence-electron chi connectivity index (χ2n) is 3.10. The molecule has 0 spiro atoms. The summed E-state index contributed by atoms with van der Waals surface area (Å²) >= 11 is 1.50. The van der Waals surface area contributed by atoms with Crippen molar-refractivity contribution in [1.29, 1.82) is 0 Å². The highest BCUT2D eigenvalue weighted by molar-refractivity contribution is 7.13. The molecule has 0 saturated heterocycles. The van der Waals surface area contributed by atoms with Crippen LogP contribution in [-0.4, -0.2) is 5.97 Å². The summed E-state index contributed by atoms with van der Waals surface area (Å²) in [6.45, 7) is 5.85. The summed E-state index contributed by atoms with van der Waals surface area (Å²) in [5, 5.41) is 0.697. The van der Waals surface area contributed by atoms with Gasteiger partial charge in [-0.3, -0.25) is 4.79 Å². The van der Waals surface area contributed by atoms with Gasteiger partial charge in [0.05, 0.1) is 5.92 Å². The fourth-order valence-corrected chi connectivity index (χ4v) is 1.55. The lowest BCUT2D eigenvalue weighted by Crippen LogP contribution is -2.16.